The number of hydrogen-bond acceptors (Lipinski definition) is 6. The predicted octanol–water partition coefficient (Wildman–Crippen LogP) is 5.04. The number of aryl methyl sites for hydroxylation is 1. The van der Waals surface area contributed by atoms with E-state index >= 15 is 0 Å². The molecule has 10 heteroatoms. The van der Waals surface area contributed by atoms with Crippen LogP contribution in [0.5, 0.6) is 10.8 Å². The number of rotatable bonds is 6. The summed E-state index contributed by atoms with van der Waals surface area (Å²) in [5.74, 6) is 0.226. The Kier molecular flexibility index (Phi) is 6.08. The Morgan fingerprint density at radius 2 is 2.13 bits per heavy atom. The van der Waals surface area contributed by atoms with Gasteiger partial charge in [0.15, 0.2) is 0 Å². The molecule has 160 valence electrons. The smallest absolute Gasteiger partial charge is 0.417 e. The number of nitrogens with two attached hydrogens (primary N) is 1. The highest BCUT2D eigenvalue weighted by Gasteiger charge is 2.17. The van der Waals surface area contributed by atoms with Crippen LogP contribution in [0.3, 0.4) is 0 Å². The van der Waals surface area contributed by atoms with Crippen molar-refractivity contribution in [2.75, 3.05) is 18.5 Å². The summed E-state index contributed by atoms with van der Waals surface area (Å²) >= 11 is 7.38. The van der Waals surface area contributed by atoms with Crippen molar-refractivity contribution >= 4 is 44.8 Å². The minimum atomic E-state index is -0.722. The summed E-state index contributed by atoms with van der Waals surface area (Å²) in [7, 11) is 1.81. The molecule has 0 aliphatic heterocycles. The first-order valence-electron chi connectivity index (χ1n) is 9.28. The molecule has 1 amide bonds. The van der Waals surface area contributed by atoms with Gasteiger partial charge in [0.1, 0.15) is 23.2 Å². The van der Waals surface area contributed by atoms with E-state index in [2.05, 4.69) is 10.4 Å². The number of nitrogens with one attached hydrogen (secondary N) is 1. The average molecular weight is 461 g/mol. The summed E-state index contributed by atoms with van der Waals surface area (Å²) in [5, 5.41) is 7.93. The van der Waals surface area contributed by atoms with Gasteiger partial charge in [0.25, 0.3) is 0 Å². The number of halogens is 2. The topological polar surface area (TPSA) is 91.4 Å². The van der Waals surface area contributed by atoms with Gasteiger partial charge in [-0.15, -0.1) is 0 Å². The van der Waals surface area contributed by atoms with Gasteiger partial charge in [-0.1, -0.05) is 22.9 Å². The second kappa shape index (κ2) is 8.93. The first kappa shape index (κ1) is 21.1. The summed E-state index contributed by atoms with van der Waals surface area (Å²) in [5.41, 5.74) is 7.58. The minimum absolute atomic E-state index is 0.189. The van der Waals surface area contributed by atoms with E-state index in [1.165, 1.54) is 12.1 Å². The number of nitrogens with zero attached hydrogens (tertiary/aromatic N) is 2. The van der Waals surface area contributed by atoms with E-state index in [0.717, 1.165) is 22.6 Å². The van der Waals surface area contributed by atoms with E-state index in [1.807, 2.05) is 13.1 Å². The molecule has 0 bridgehead atoms. The van der Waals surface area contributed by atoms with Crippen molar-refractivity contribution in [2.45, 2.75) is 0 Å². The van der Waals surface area contributed by atoms with Gasteiger partial charge in [-0.25, -0.2) is 9.18 Å². The fraction of sp³-hybridized carbons (Fsp3) is 0.143. The van der Waals surface area contributed by atoms with E-state index in [0.29, 0.717) is 34.7 Å². The Morgan fingerprint density at radius 1 is 1.29 bits per heavy atom. The molecule has 0 saturated carbocycles. The highest BCUT2D eigenvalue weighted by molar-refractivity contribution is 7.21. The van der Waals surface area contributed by atoms with Gasteiger partial charge in [-0.05, 0) is 42.5 Å². The van der Waals surface area contributed by atoms with Crippen LogP contribution in [0.15, 0.2) is 48.7 Å². The summed E-state index contributed by atoms with van der Waals surface area (Å²) in [6.45, 7) is 0.724. The summed E-state index contributed by atoms with van der Waals surface area (Å²) < 4.78 is 26.8. The van der Waals surface area contributed by atoms with Crippen LogP contribution in [0.4, 0.5) is 14.9 Å². The molecule has 2 heterocycles. The lowest BCUT2D eigenvalue weighted by atomic mass is 10.1. The first-order chi connectivity index (χ1) is 15.0. The molecule has 0 unspecified atom stereocenters. The van der Waals surface area contributed by atoms with Crippen LogP contribution < -0.4 is 20.5 Å². The predicted molar refractivity (Wildman–Crippen MR) is 120 cm³/mol. The number of benzene rings is 2. The van der Waals surface area contributed by atoms with E-state index in [4.69, 9.17) is 26.8 Å². The number of carbonyl (C=O) groups excluding carboxylic acids is 1. The molecular formula is C21H18ClFN4O3S. The molecule has 31 heavy (non-hydrogen) atoms. The zero-order chi connectivity index (χ0) is 22.0. The first-order valence-corrected chi connectivity index (χ1v) is 10.5. The Bertz CT molecular complexity index is 1260. The van der Waals surface area contributed by atoms with Crippen LogP contribution in [0, 0.1) is 5.82 Å². The molecule has 4 aromatic rings. The fourth-order valence-corrected chi connectivity index (χ4v) is 4.39. The Morgan fingerprint density at radius 3 is 2.87 bits per heavy atom. The van der Waals surface area contributed by atoms with E-state index in [9.17, 15) is 9.18 Å². The van der Waals surface area contributed by atoms with Crippen molar-refractivity contribution < 1.29 is 18.7 Å². The normalized spacial score (nSPS) is 11.0. The van der Waals surface area contributed by atoms with Gasteiger partial charge in [0.2, 0.25) is 5.06 Å². The zero-order valence-electron chi connectivity index (χ0n) is 16.4. The van der Waals surface area contributed by atoms with Crippen LogP contribution in [-0.2, 0) is 7.05 Å². The zero-order valence-corrected chi connectivity index (χ0v) is 18.0. The monoisotopic (exact) mass is 460 g/mol. The highest BCUT2D eigenvalue weighted by atomic mass is 35.5. The standard InChI is InChI=1S/C21H18ClFN4O3S/c1-27-16(6-8-25-27)15-11-13(3-5-17(15)29-9-7-24)26-21(28)30-20-19(22)14-4-2-12(23)10-18(14)31-20/h2-6,8,10-11H,7,9,24H2,1H3,(H,26,28). The SMILES string of the molecule is Cn1nccc1-c1cc(NC(=O)Oc2sc3cc(F)ccc3c2Cl)ccc1OCCN. The lowest BCUT2D eigenvalue weighted by Crippen LogP contribution is -2.16. The maximum atomic E-state index is 13.4. The van der Waals surface area contributed by atoms with Crippen molar-refractivity contribution in [3.8, 4) is 22.1 Å². The number of fused-ring (bicyclic) bond motifs is 1. The molecule has 0 atom stereocenters. The van der Waals surface area contributed by atoms with Crippen LogP contribution >= 0.6 is 22.9 Å². The molecule has 0 aliphatic carbocycles. The Hall–Kier alpha value is -3.14. The Balaban J connectivity index is 1.57. The number of ether oxygens (including phenoxy) is 2. The number of thiophene rings is 1. The number of carbonyl (C=O) groups is 1. The minimum Gasteiger partial charge on any atom is -0.492 e. The third-order valence-corrected chi connectivity index (χ3v) is 5.96. The lowest BCUT2D eigenvalue weighted by Gasteiger charge is -2.13. The van der Waals surface area contributed by atoms with E-state index < -0.39 is 6.09 Å². The van der Waals surface area contributed by atoms with Gasteiger partial charge < -0.3 is 15.2 Å². The van der Waals surface area contributed by atoms with Gasteiger partial charge in [-0.3, -0.25) is 10.00 Å². The van der Waals surface area contributed by atoms with Gasteiger partial charge in [0, 0.05) is 41.1 Å². The third kappa shape index (κ3) is 4.48. The van der Waals surface area contributed by atoms with Crippen LogP contribution in [-0.4, -0.2) is 29.0 Å². The van der Waals surface area contributed by atoms with Crippen LogP contribution in [0.1, 0.15) is 0 Å². The molecule has 7 nitrogen and oxygen atoms in total. The number of aromatic nitrogens is 2. The average Bonchev–Trinajstić information content (AvgIpc) is 3.29. The van der Waals surface area contributed by atoms with Crippen molar-refractivity contribution in [2.24, 2.45) is 12.8 Å². The van der Waals surface area contributed by atoms with Crippen molar-refractivity contribution in [1.82, 2.24) is 9.78 Å². The van der Waals surface area contributed by atoms with Gasteiger partial charge in [0.05, 0.1) is 5.69 Å². The third-order valence-electron chi connectivity index (χ3n) is 4.45. The van der Waals surface area contributed by atoms with E-state index in [-0.39, 0.29) is 15.9 Å². The summed E-state index contributed by atoms with van der Waals surface area (Å²) in [6.07, 6.45) is 0.948. The van der Waals surface area contributed by atoms with Gasteiger partial charge in [-0.2, -0.15) is 5.10 Å². The molecular weight excluding hydrogens is 443 g/mol. The van der Waals surface area contributed by atoms with Gasteiger partial charge >= 0.3 is 6.09 Å². The quantitative estimate of drug-likeness (QED) is 0.420. The number of hydrogen-bond donors (Lipinski definition) is 2. The highest BCUT2D eigenvalue weighted by Crippen LogP contribution is 2.42. The molecule has 2 aromatic carbocycles. The largest absolute Gasteiger partial charge is 0.492 e. The molecule has 0 spiro atoms. The van der Waals surface area contributed by atoms with Crippen LogP contribution in [0.2, 0.25) is 5.02 Å². The lowest BCUT2D eigenvalue weighted by molar-refractivity contribution is 0.216. The molecule has 4 rings (SSSR count). The van der Waals surface area contributed by atoms with Crippen LogP contribution in [0.25, 0.3) is 21.3 Å². The molecule has 0 fully saturated rings. The fourth-order valence-electron chi connectivity index (χ4n) is 3.05. The molecule has 0 aliphatic rings. The van der Waals surface area contributed by atoms with E-state index in [1.54, 1.807) is 35.1 Å². The van der Waals surface area contributed by atoms with Crippen molar-refractivity contribution in [1.29, 1.82) is 0 Å². The van der Waals surface area contributed by atoms with Crippen molar-refractivity contribution in [3.05, 3.63) is 59.5 Å². The molecule has 2 aromatic heterocycles. The molecule has 3 N–H and O–H groups in total. The maximum absolute atomic E-state index is 13.4. The van der Waals surface area contributed by atoms with Crippen molar-refractivity contribution in [3.63, 3.8) is 0 Å². The maximum Gasteiger partial charge on any atom is 0.417 e. The second-order valence-electron chi connectivity index (χ2n) is 6.55. The summed E-state index contributed by atoms with van der Waals surface area (Å²) in [6, 6.07) is 11.2. The summed E-state index contributed by atoms with van der Waals surface area (Å²) in [4.78, 5) is 12.5. The number of anilines is 1. The Labute approximate surface area is 186 Å². The molecule has 0 saturated heterocycles. The second-order valence-corrected chi connectivity index (χ2v) is 7.94. The number of amides is 1. The molecule has 0 radical (unpaired) electrons.